The molecule has 0 aromatic heterocycles. The Kier molecular flexibility index (Phi) is 21.3. The zero-order valence-electron chi connectivity index (χ0n) is 15.0. The van der Waals surface area contributed by atoms with Crippen molar-refractivity contribution in [2.24, 2.45) is 5.92 Å². The lowest BCUT2D eigenvalue weighted by Gasteiger charge is -2.18. The standard InChI is InChI=1S/C6H8O7.C5H10O3.C2H6O.CH2O2/c7-3(8)1-6(13,5(11)12)2-4(9)10;1-3(2)4(6)5(7)8;1-2-3;2-1-3/h13H,1-2H2,(H,7,8)(H,9,10)(H,11,12);3-4,6H,1-2H3,(H,7,8);3H,2H2,1H3;1H,(H,2,3). The van der Waals surface area contributed by atoms with E-state index in [1.807, 2.05) is 0 Å². The van der Waals surface area contributed by atoms with Crippen molar-refractivity contribution >= 4 is 30.3 Å². The van der Waals surface area contributed by atoms with E-state index in [-0.39, 0.29) is 19.0 Å². The summed E-state index contributed by atoms with van der Waals surface area (Å²) in [6, 6.07) is 0. The molecule has 0 saturated heterocycles. The largest absolute Gasteiger partial charge is 0.483 e. The van der Waals surface area contributed by atoms with E-state index in [1.54, 1.807) is 20.8 Å². The molecule has 0 saturated carbocycles. The molecule has 0 amide bonds. The maximum atomic E-state index is 10.3. The second-order valence-corrected chi connectivity index (χ2v) is 4.93. The Hall–Kier alpha value is -2.77. The lowest BCUT2D eigenvalue weighted by atomic mass is 9.96. The SMILES string of the molecule is CC(C)C(O)C(=O)O.CCO.O=C(O)CC(O)(CC(=O)O)C(=O)O.O=CO. The van der Waals surface area contributed by atoms with Gasteiger partial charge in [0.2, 0.25) is 0 Å². The summed E-state index contributed by atoms with van der Waals surface area (Å²) in [5.74, 6) is -6.37. The van der Waals surface area contributed by atoms with Crippen LogP contribution in [0.1, 0.15) is 33.6 Å². The highest BCUT2D eigenvalue weighted by Crippen LogP contribution is 2.15. The molecule has 0 aliphatic rings. The minimum Gasteiger partial charge on any atom is -0.483 e. The molecular formula is C14H26O13. The molecule has 27 heavy (non-hydrogen) atoms. The predicted molar refractivity (Wildman–Crippen MR) is 87.0 cm³/mol. The molecule has 0 spiro atoms. The first-order valence-corrected chi connectivity index (χ1v) is 7.15. The van der Waals surface area contributed by atoms with Gasteiger partial charge in [0, 0.05) is 6.61 Å². The topological polar surface area (TPSA) is 247 Å². The van der Waals surface area contributed by atoms with Crippen molar-refractivity contribution in [3.63, 3.8) is 0 Å². The van der Waals surface area contributed by atoms with E-state index < -0.39 is 48.4 Å². The first-order valence-electron chi connectivity index (χ1n) is 7.15. The van der Waals surface area contributed by atoms with Gasteiger partial charge in [-0.05, 0) is 12.8 Å². The van der Waals surface area contributed by atoms with Crippen LogP contribution in [0.3, 0.4) is 0 Å². The van der Waals surface area contributed by atoms with Crippen LogP contribution in [-0.2, 0) is 24.0 Å². The van der Waals surface area contributed by atoms with E-state index in [1.165, 1.54) is 0 Å². The highest BCUT2D eigenvalue weighted by atomic mass is 16.4. The summed E-state index contributed by atoms with van der Waals surface area (Å²) in [5, 5.41) is 65.0. The van der Waals surface area contributed by atoms with Crippen molar-refractivity contribution < 1.29 is 64.8 Å². The van der Waals surface area contributed by atoms with E-state index in [0.29, 0.717) is 0 Å². The van der Waals surface area contributed by atoms with Gasteiger partial charge in [0.05, 0.1) is 12.8 Å². The summed E-state index contributed by atoms with van der Waals surface area (Å²) in [6.45, 7) is 4.98. The fraction of sp³-hybridized carbons (Fsp3) is 0.643. The Morgan fingerprint density at radius 3 is 1.30 bits per heavy atom. The van der Waals surface area contributed by atoms with Gasteiger partial charge in [-0.1, -0.05) is 13.8 Å². The van der Waals surface area contributed by atoms with Crippen molar-refractivity contribution in [2.75, 3.05) is 6.61 Å². The van der Waals surface area contributed by atoms with Gasteiger partial charge >= 0.3 is 23.9 Å². The van der Waals surface area contributed by atoms with Gasteiger partial charge in [-0.3, -0.25) is 14.4 Å². The van der Waals surface area contributed by atoms with E-state index in [2.05, 4.69) is 0 Å². The predicted octanol–water partition coefficient (Wildman–Crippen LogP) is -1.46. The average molecular weight is 402 g/mol. The van der Waals surface area contributed by atoms with Gasteiger partial charge in [-0.2, -0.15) is 0 Å². The normalized spacial score (nSPS) is 10.5. The lowest BCUT2D eigenvalue weighted by Crippen LogP contribution is -2.42. The Morgan fingerprint density at radius 1 is 0.963 bits per heavy atom. The molecule has 13 heteroatoms. The molecule has 1 atom stereocenters. The lowest BCUT2D eigenvalue weighted by molar-refractivity contribution is -0.170. The van der Waals surface area contributed by atoms with Gasteiger partial charge in [0.15, 0.2) is 11.7 Å². The molecule has 0 rings (SSSR count). The van der Waals surface area contributed by atoms with E-state index in [4.69, 9.17) is 45.6 Å². The second kappa shape index (κ2) is 18.0. The number of hydrogen-bond acceptors (Lipinski definition) is 8. The number of aliphatic carboxylic acids is 4. The van der Waals surface area contributed by atoms with Crippen molar-refractivity contribution in [3.8, 4) is 0 Å². The fourth-order valence-electron chi connectivity index (χ4n) is 0.999. The number of aliphatic hydroxyl groups excluding tert-OH is 2. The highest BCUT2D eigenvalue weighted by Gasteiger charge is 2.40. The molecule has 0 radical (unpaired) electrons. The first kappa shape index (κ1) is 31.9. The average Bonchev–Trinajstić information content (AvgIpc) is 2.46. The van der Waals surface area contributed by atoms with Crippen molar-refractivity contribution in [1.29, 1.82) is 0 Å². The number of carboxylic acid groups (broad SMARTS) is 5. The van der Waals surface area contributed by atoms with Crippen LogP contribution < -0.4 is 0 Å². The van der Waals surface area contributed by atoms with Gasteiger partial charge < -0.3 is 40.9 Å². The van der Waals surface area contributed by atoms with Crippen LogP contribution in [0.4, 0.5) is 0 Å². The monoisotopic (exact) mass is 402 g/mol. The van der Waals surface area contributed by atoms with Crippen LogP contribution in [0.15, 0.2) is 0 Å². The minimum absolute atomic E-state index is 0.201. The third-order valence-corrected chi connectivity index (χ3v) is 2.17. The van der Waals surface area contributed by atoms with Crippen LogP contribution >= 0.6 is 0 Å². The summed E-state index contributed by atoms with van der Waals surface area (Å²) in [7, 11) is 0. The van der Waals surface area contributed by atoms with Crippen LogP contribution in [0.25, 0.3) is 0 Å². The third kappa shape index (κ3) is 23.2. The van der Waals surface area contributed by atoms with Crippen molar-refractivity contribution in [2.45, 2.75) is 45.3 Å². The molecule has 0 fully saturated rings. The Balaban J connectivity index is -0.000000160. The van der Waals surface area contributed by atoms with E-state index in [9.17, 15) is 19.2 Å². The smallest absolute Gasteiger partial charge is 0.336 e. The summed E-state index contributed by atoms with van der Waals surface area (Å²) < 4.78 is 0. The van der Waals surface area contributed by atoms with E-state index >= 15 is 0 Å². The molecule has 13 nitrogen and oxygen atoms in total. The molecule has 1 unspecified atom stereocenters. The summed E-state index contributed by atoms with van der Waals surface area (Å²) in [6.07, 6.45) is -3.50. The third-order valence-electron chi connectivity index (χ3n) is 2.17. The van der Waals surface area contributed by atoms with Crippen LogP contribution in [0.5, 0.6) is 0 Å². The van der Waals surface area contributed by atoms with Gasteiger partial charge in [-0.25, -0.2) is 9.59 Å². The first-order chi connectivity index (χ1) is 12.2. The summed E-state index contributed by atoms with van der Waals surface area (Å²) >= 11 is 0. The Morgan fingerprint density at radius 2 is 1.22 bits per heavy atom. The van der Waals surface area contributed by atoms with Gasteiger partial charge in [-0.15, -0.1) is 0 Å². The van der Waals surface area contributed by atoms with Gasteiger partial charge in [0.1, 0.15) is 0 Å². The highest BCUT2D eigenvalue weighted by molar-refractivity contribution is 5.88. The van der Waals surface area contributed by atoms with Crippen molar-refractivity contribution in [3.05, 3.63) is 0 Å². The van der Waals surface area contributed by atoms with Crippen LogP contribution in [-0.4, -0.2) is 89.5 Å². The molecule has 0 aliphatic heterocycles. The zero-order valence-corrected chi connectivity index (χ0v) is 15.0. The zero-order chi connectivity index (χ0) is 22.8. The molecule has 0 aliphatic carbocycles. The number of aliphatic hydroxyl groups is 3. The maximum absolute atomic E-state index is 10.3. The fourth-order valence-corrected chi connectivity index (χ4v) is 0.999. The molecule has 0 aromatic carbocycles. The number of carboxylic acids is 4. The minimum atomic E-state index is -2.74. The number of carbonyl (C=O) groups is 5. The number of rotatable bonds is 7. The molecular weight excluding hydrogens is 376 g/mol. The van der Waals surface area contributed by atoms with Crippen LogP contribution in [0, 0.1) is 5.92 Å². The summed E-state index contributed by atoms with van der Waals surface area (Å²) in [5.41, 5.74) is -2.74. The number of hydrogen-bond donors (Lipinski definition) is 8. The molecule has 0 bridgehead atoms. The Labute approximate surface area is 154 Å². The molecule has 160 valence electrons. The maximum Gasteiger partial charge on any atom is 0.336 e. The van der Waals surface area contributed by atoms with Gasteiger partial charge in [0.25, 0.3) is 6.47 Å². The Bertz CT molecular complexity index is 442. The quantitative estimate of drug-likeness (QED) is 0.227. The molecule has 0 heterocycles. The molecule has 0 aromatic rings. The van der Waals surface area contributed by atoms with Crippen LogP contribution in [0.2, 0.25) is 0 Å². The second-order valence-electron chi connectivity index (χ2n) is 4.93. The summed E-state index contributed by atoms with van der Waals surface area (Å²) in [4.78, 5) is 48.7. The van der Waals surface area contributed by atoms with E-state index in [0.717, 1.165) is 0 Å². The molecule has 8 N–H and O–H groups in total. The van der Waals surface area contributed by atoms with Crippen molar-refractivity contribution in [1.82, 2.24) is 0 Å².